The van der Waals surface area contributed by atoms with Crippen molar-refractivity contribution in [2.75, 3.05) is 6.61 Å². The predicted octanol–water partition coefficient (Wildman–Crippen LogP) is 2.86. The Morgan fingerprint density at radius 1 is 1.20 bits per heavy atom. The lowest BCUT2D eigenvalue weighted by Crippen LogP contribution is -2.10. The summed E-state index contributed by atoms with van der Waals surface area (Å²) in [5, 5.41) is 0. The van der Waals surface area contributed by atoms with Gasteiger partial charge in [-0.3, -0.25) is 0 Å². The molecule has 1 aromatic carbocycles. The molecular weight excluding hydrogens is 252 g/mol. The summed E-state index contributed by atoms with van der Waals surface area (Å²) in [6, 6.07) is 8.25. The smallest absolute Gasteiger partial charge is 0.341 e. The Morgan fingerprint density at radius 2 is 1.90 bits per heavy atom. The molecule has 0 aliphatic rings. The summed E-state index contributed by atoms with van der Waals surface area (Å²) in [7, 11) is 0. The van der Waals surface area contributed by atoms with Gasteiger partial charge in [-0.25, -0.2) is 14.8 Å². The maximum absolute atomic E-state index is 11.7. The van der Waals surface area contributed by atoms with Crippen molar-refractivity contribution in [1.82, 2.24) is 9.97 Å². The van der Waals surface area contributed by atoms with E-state index in [-0.39, 0.29) is 5.97 Å². The second kappa shape index (κ2) is 6.28. The second-order valence-corrected chi connectivity index (χ2v) is 4.67. The summed E-state index contributed by atoms with van der Waals surface area (Å²) < 4.78 is 4.96. The quantitative estimate of drug-likeness (QED) is 0.802. The molecule has 0 saturated carbocycles. The predicted molar refractivity (Wildman–Crippen MR) is 76.7 cm³/mol. The first-order chi connectivity index (χ1) is 9.60. The maximum atomic E-state index is 11.7. The summed E-state index contributed by atoms with van der Waals surface area (Å²) in [6.07, 6.45) is 2.20. The molecule has 1 aromatic heterocycles. The SMILES string of the molecule is CCOC(=O)c1cnc(Cc2ccc(C)cc2)nc1C. The summed E-state index contributed by atoms with van der Waals surface area (Å²) in [6.45, 7) is 5.98. The average molecular weight is 270 g/mol. The number of carbonyl (C=O) groups excluding carboxylic acids is 1. The van der Waals surface area contributed by atoms with Crippen LogP contribution in [0.2, 0.25) is 0 Å². The van der Waals surface area contributed by atoms with Crippen molar-refractivity contribution >= 4 is 5.97 Å². The van der Waals surface area contributed by atoms with Crippen molar-refractivity contribution in [2.45, 2.75) is 27.2 Å². The number of nitrogens with zero attached hydrogens (tertiary/aromatic N) is 2. The monoisotopic (exact) mass is 270 g/mol. The molecule has 4 nitrogen and oxygen atoms in total. The van der Waals surface area contributed by atoms with E-state index >= 15 is 0 Å². The highest BCUT2D eigenvalue weighted by Crippen LogP contribution is 2.10. The third-order valence-corrected chi connectivity index (χ3v) is 3.01. The van der Waals surface area contributed by atoms with E-state index in [1.54, 1.807) is 20.0 Å². The van der Waals surface area contributed by atoms with Gasteiger partial charge in [0.1, 0.15) is 5.82 Å². The summed E-state index contributed by atoms with van der Waals surface area (Å²) in [5.74, 6) is 0.339. The van der Waals surface area contributed by atoms with E-state index in [1.807, 2.05) is 0 Å². The van der Waals surface area contributed by atoms with E-state index in [4.69, 9.17) is 4.74 Å². The molecule has 0 saturated heterocycles. The Kier molecular flexibility index (Phi) is 4.45. The van der Waals surface area contributed by atoms with Crippen LogP contribution in [0.1, 0.15) is 39.9 Å². The van der Waals surface area contributed by atoms with Crippen molar-refractivity contribution in [3.63, 3.8) is 0 Å². The standard InChI is InChI=1S/C16H18N2O2/c1-4-20-16(19)14-10-17-15(18-12(14)3)9-13-7-5-11(2)6-8-13/h5-8,10H,4,9H2,1-3H3. The fourth-order valence-electron chi connectivity index (χ4n) is 1.90. The number of hydrogen-bond acceptors (Lipinski definition) is 4. The van der Waals surface area contributed by atoms with E-state index in [2.05, 4.69) is 41.2 Å². The van der Waals surface area contributed by atoms with Gasteiger partial charge in [-0.1, -0.05) is 29.8 Å². The molecule has 0 bridgehead atoms. The normalized spacial score (nSPS) is 10.3. The van der Waals surface area contributed by atoms with E-state index in [0.717, 1.165) is 5.56 Å². The molecule has 0 fully saturated rings. The van der Waals surface area contributed by atoms with Crippen LogP contribution in [0.4, 0.5) is 0 Å². The summed E-state index contributed by atoms with van der Waals surface area (Å²) >= 11 is 0. The van der Waals surface area contributed by atoms with Crippen LogP contribution in [0.5, 0.6) is 0 Å². The molecule has 0 atom stereocenters. The van der Waals surface area contributed by atoms with Crippen molar-refractivity contribution in [1.29, 1.82) is 0 Å². The minimum atomic E-state index is -0.369. The third-order valence-electron chi connectivity index (χ3n) is 3.01. The van der Waals surface area contributed by atoms with Crippen LogP contribution < -0.4 is 0 Å². The van der Waals surface area contributed by atoms with Gasteiger partial charge in [0.25, 0.3) is 0 Å². The average Bonchev–Trinajstić information content (AvgIpc) is 2.42. The van der Waals surface area contributed by atoms with Gasteiger partial charge in [-0.2, -0.15) is 0 Å². The molecule has 0 N–H and O–H groups in total. The fraction of sp³-hybridized carbons (Fsp3) is 0.312. The molecule has 0 amide bonds. The van der Waals surface area contributed by atoms with Gasteiger partial charge >= 0.3 is 5.97 Å². The number of aryl methyl sites for hydroxylation is 2. The van der Waals surface area contributed by atoms with E-state index in [0.29, 0.717) is 30.1 Å². The molecule has 104 valence electrons. The minimum Gasteiger partial charge on any atom is -0.462 e. The molecule has 2 rings (SSSR count). The van der Waals surface area contributed by atoms with E-state index < -0.39 is 0 Å². The Labute approximate surface area is 118 Å². The second-order valence-electron chi connectivity index (χ2n) is 4.67. The van der Waals surface area contributed by atoms with Crippen LogP contribution in [0, 0.1) is 13.8 Å². The largest absolute Gasteiger partial charge is 0.462 e. The molecule has 0 aliphatic carbocycles. The summed E-state index contributed by atoms with van der Waals surface area (Å²) in [5.41, 5.74) is 3.46. The Hall–Kier alpha value is -2.23. The Balaban J connectivity index is 2.16. The van der Waals surface area contributed by atoms with Crippen LogP contribution >= 0.6 is 0 Å². The molecule has 20 heavy (non-hydrogen) atoms. The first-order valence-electron chi connectivity index (χ1n) is 6.65. The molecule has 0 spiro atoms. The molecule has 4 heteroatoms. The fourth-order valence-corrected chi connectivity index (χ4v) is 1.90. The van der Waals surface area contributed by atoms with Crippen LogP contribution in [0.3, 0.4) is 0 Å². The van der Waals surface area contributed by atoms with Crippen molar-refractivity contribution in [3.05, 3.63) is 58.7 Å². The number of esters is 1. The summed E-state index contributed by atoms with van der Waals surface area (Å²) in [4.78, 5) is 20.3. The van der Waals surface area contributed by atoms with Gasteiger partial charge in [-0.05, 0) is 26.3 Å². The Bertz CT molecular complexity index is 606. The topological polar surface area (TPSA) is 52.1 Å². The van der Waals surface area contributed by atoms with Crippen LogP contribution in [0.25, 0.3) is 0 Å². The number of ether oxygens (including phenoxy) is 1. The number of rotatable bonds is 4. The number of hydrogen-bond donors (Lipinski definition) is 0. The zero-order valence-corrected chi connectivity index (χ0v) is 12.0. The number of benzene rings is 1. The first kappa shape index (κ1) is 14.2. The van der Waals surface area contributed by atoms with Crippen molar-refractivity contribution in [2.24, 2.45) is 0 Å². The molecule has 0 aliphatic heterocycles. The first-order valence-corrected chi connectivity index (χ1v) is 6.65. The van der Waals surface area contributed by atoms with Gasteiger partial charge in [0.2, 0.25) is 0 Å². The molecular formula is C16H18N2O2. The van der Waals surface area contributed by atoms with Crippen LogP contribution in [-0.4, -0.2) is 22.5 Å². The van der Waals surface area contributed by atoms with Gasteiger partial charge in [0, 0.05) is 12.6 Å². The molecule has 2 aromatic rings. The lowest BCUT2D eigenvalue weighted by Gasteiger charge is -2.06. The van der Waals surface area contributed by atoms with Gasteiger partial charge < -0.3 is 4.74 Å². The molecule has 0 unspecified atom stereocenters. The molecule has 1 heterocycles. The van der Waals surface area contributed by atoms with Gasteiger partial charge in [0.05, 0.1) is 17.9 Å². The van der Waals surface area contributed by atoms with E-state index in [1.165, 1.54) is 5.56 Å². The highest BCUT2D eigenvalue weighted by atomic mass is 16.5. The number of aromatic nitrogens is 2. The minimum absolute atomic E-state index is 0.351. The highest BCUT2D eigenvalue weighted by Gasteiger charge is 2.12. The van der Waals surface area contributed by atoms with Crippen molar-refractivity contribution < 1.29 is 9.53 Å². The van der Waals surface area contributed by atoms with Gasteiger partial charge in [-0.15, -0.1) is 0 Å². The van der Waals surface area contributed by atoms with Crippen molar-refractivity contribution in [3.8, 4) is 0 Å². The lowest BCUT2D eigenvalue weighted by atomic mass is 10.1. The lowest BCUT2D eigenvalue weighted by molar-refractivity contribution is 0.0524. The Morgan fingerprint density at radius 3 is 2.50 bits per heavy atom. The third kappa shape index (κ3) is 3.41. The number of carbonyl (C=O) groups is 1. The van der Waals surface area contributed by atoms with E-state index in [9.17, 15) is 4.79 Å². The zero-order valence-electron chi connectivity index (χ0n) is 12.0. The van der Waals surface area contributed by atoms with Crippen LogP contribution in [0.15, 0.2) is 30.5 Å². The highest BCUT2D eigenvalue weighted by molar-refractivity contribution is 5.90. The zero-order chi connectivity index (χ0) is 14.5. The molecule has 0 radical (unpaired) electrons. The van der Waals surface area contributed by atoms with Gasteiger partial charge in [0.15, 0.2) is 0 Å². The maximum Gasteiger partial charge on any atom is 0.341 e. The van der Waals surface area contributed by atoms with Crippen LogP contribution in [-0.2, 0) is 11.2 Å².